The third kappa shape index (κ3) is 2.10. The number of anilines is 1. The molecule has 1 aromatic rings. The van der Waals surface area contributed by atoms with Gasteiger partial charge in [-0.2, -0.15) is 0 Å². The zero-order valence-electron chi connectivity index (χ0n) is 10.2. The summed E-state index contributed by atoms with van der Waals surface area (Å²) in [6.07, 6.45) is 0. The SMILES string of the molecule is NS(=O)(=O)c1ccc(N2C(=O)[C@@H]3CSCN3C2=S)cc1. The zero-order chi connectivity index (χ0) is 14.5. The lowest BCUT2D eigenvalue weighted by Gasteiger charge is -2.18. The Balaban J connectivity index is 1.94. The van der Waals surface area contributed by atoms with E-state index < -0.39 is 10.0 Å². The lowest BCUT2D eigenvalue weighted by Crippen LogP contribution is -2.32. The number of nitrogens with two attached hydrogens (primary N) is 1. The van der Waals surface area contributed by atoms with Crippen molar-refractivity contribution in [1.29, 1.82) is 0 Å². The van der Waals surface area contributed by atoms with E-state index >= 15 is 0 Å². The molecule has 0 unspecified atom stereocenters. The van der Waals surface area contributed by atoms with Crippen LogP contribution < -0.4 is 10.0 Å². The molecule has 2 fully saturated rings. The van der Waals surface area contributed by atoms with Gasteiger partial charge in [-0.05, 0) is 36.5 Å². The maximum Gasteiger partial charge on any atom is 0.256 e. The second kappa shape index (κ2) is 4.69. The fraction of sp³-hybridized carbons (Fsp3) is 0.273. The first-order valence-electron chi connectivity index (χ1n) is 5.75. The molecule has 0 bridgehead atoms. The number of thioether (sulfide) groups is 1. The maximum absolute atomic E-state index is 12.3. The zero-order valence-corrected chi connectivity index (χ0v) is 12.7. The van der Waals surface area contributed by atoms with Crippen LogP contribution in [0.2, 0.25) is 0 Å². The van der Waals surface area contributed by atoms with Crippen LogP contribution in [-0.4, -0.2) is 42.0 Å². The van der Waals surface area contributed by atoms with Crippen molar-refractivity contribution in [1.82, 2.24) is 4.90 Å². The number of fused-ring (bicyclic) bond motifs is 1. The predicted molar refractivity (Wildman–Crippen MR) is 80.9 cm³/mol. The highest BCUT2D eigenvalue weighted by Gasteiger charge is 2.45. The van der Waals surface area contributed by atoms with Crippen LogP contribution in [0.4, 0.5) is 5.69 Å². The Bertz CT molecular complexity index is 665. The Labute approximate surface area is 126 Å². The van der Waals surface area contributed by atoms with Crippen LogP contribution in [0.5, 0.6) is 0 Å². The summed E-state index contributed by atoms with van der Waals surface area (Å²) in [4.78, 5) is 15.7. The third-order valence-corrected chi connectivity index (χ3v) is 5.61. The minimum absolute atomic E-state index is 0.00914. The number of amides is 1. The molecule has 3 rings (SSSR count). The summed E-state index contributed by atoms with van der Waals surface area (Å²) in [5.41, 5.74) is 0.562. The average molecular weight is 329 g/mol. The van der Waals surface area contributed by atoms with E-state index in [1.54, 1.807) is 23.9 Å². The number of carbonyl (C=O) groups is 1. The van der Waals surface area contributed by atoms with Gasteiger partial charge in [-0.3, -0.25) is 9.69 Å². The lowest BCUT2D eigenvalue weighted by atomic mass is 10.2. The van der Waals surface area contributed by atoms with Crippen LogP contribution in [0, 0.1) is 0 Å². The smallest absolute Gasteiger partial charge is 0.256 e. The van der Waals surface area contributed by atoms with Crippen molar-refractivity contribution in [3.63, 3.8) is 0 Å². The van der Waals surface area contributed by atoms with E-state index in [0.29, 0.717) is 16.7 Å². The van der Waals surface area contributed by atoms with Gasteiger partial charge in [-0.25, -0.2) is 13.6 Å². The largest absolute Gasteiger partial charge is 0.326 e. The number of carbonyl (C=O) groups excluding carboxylic acids is 1. The average Bonchev–Trinajstić information content (AvgIpc) is 2.94. The standard InChI is InChI=1S/C11H11N3O3S3/c12-20(16,17)8-3-1-7(2-4-8)14-10(15)9-5-19-6-13(9)11(14)18/h1-4,9H,5-6H2,(H2,12,16,17)/t9-/m0/s1. The molecule has 0 aliphatic carbocycles. The van der Waals surface area contributed by atoms with Crippen LogP contribution in [0.25, 0.3) is 0 Å². The van der Waals surface area contributed by atoms with Crippen LogP contribution in [0.3, 0.4) is 0 Å². The second-order valence-corrected chi connectivity index (χ2v) is 7.41. The highest BCUT2D eigenvalue weighted by atomic mass is 32.2. The number of nitrogens with zero attached hydrogens (tertiary/aromatic N) is 2. The van der Waals surface area contributed by atoms with Gasteiger partial charge in [-0.15, -0.1) is 11.8 Å². The van der Waals surface area contributed by atoms with Crippen molar-refractivity contribution >= 4 is 50.7 Å². The Morgan fingerprint density at radius 3 is 2.50 bits per heavy atom. The summed E-state index contributed by atoms with van der Waals surface area (Å²) in [5, 5.41) is 5.51. The van der Waals surface area contributed by atoms with Crippen LogP contribution in [-0.2, 0) is 14.8 Å². The Morgan fingerprint density at radius 2 is 1.95 bits per heavy atom. The van der Waals surface area contributed by atoms with Gasteiger partial charge >= 0.3 is 0 Å². The van der Waals surface area contributed by atoms with Gasteiger partial charge in [0.25, 0.3) is 5.91 Å². The Kier molecular flexibility index (Phi) is 3.24. The summed E-state index contributed by atoms with van der Waals surface area (Å²) < 4.78 is 22.4. The van der Waals surface area contributed by atoms with E-state index in [4.69, 9.17) is 17.4 Å². The molecule has 1 aromatic carbocycles. The molecule has 1 atom stereocenters. The van der Waals surface area contributed by atoms with Gasteiger partial charge in [0.15, 0.2) is 5.11 Å². The van der Waals surface area contributed by atoms with Gasteiger partial charge in [0.05, 0.1) is 16.5 Å². The lowest BCUT2D eigenvalue weighted by molar-refractivity contribution is -0.118. The number of sulfonamides is 1. The van der Waals surface area contributed by atoms with Gasteiger partial charge in [0.2, 0.25) is 10.0 Å². The normalized spacial score (nSPS) is 22.6. The highest BCUT2D eigenvalue weighted by molar-refractivity contribution is 7.99. The molecular formula is C11H11N3O3S3. The van der Waals surface area contributed by atoms with E-state index in [1.807, 2.05) is 4.90 Å². The molecule has 2 saturated heterocycles. The second-order valence-electron chi connectivity index (χ2n) is 4.48. The van der Waals surface area contributed by atoms with Gasteiger partial charge in [-0.1, -0.05) is 0 Å². The Hall–Kier alpha value is -1.16. The molecule has 0 aromatic heterocycles. The number of thiocarbonyl (C=S) groups is 1. The topological polar surface area (TPSA) is 83.7 Å². The number of hydrogen-bond donors (Lipinski definition) is 1. The van der Waals surface area contributed by atoms with Gasteiger partial charge in [0, 0.05) is 5.75 Å². The van der Waals surface area contributed by atoms with Crippen LogP contribution in [0.15, 0.2) is 29.2 Å². The van der Waals surface area contributed by atoms with E-state index in [9.17, 15) is 13.2 Å². The molecule has 20 heavy (non-hydrogen) atoms. The summed E-state index contributed by atoms with van der Waals surface area (Å²) in [5.74, 6) is 1.37. The van der Waals surface area contributed by atoms with E-state index in [2.05, 4.69) is 0 Å². The molecule has 2 aliphatic heterocycles. The van der Waals surface area contributed by atoms with Crippen molar-refractivity contribution in [2.75, 3.05) is 16.5 Å². The predicted octanol–water partition coefficient (Wildman–Crippen LogP) is 0.340. The first kappa shape index (κ1) is 13.8. The van der Waals surface area contributed by atoms with Crippen molar-refractivity contribution in [3.8, 4) is 0 Å². The molecule has 6 nitrogen and oxygen atoms in total. The molecule has 2 heterocycles. The summed E-state index contributed by atoms with van der Waals surface area (Å²) >= 11 is 6.99. The quantitative estimate of drug-likeness (QED) is 0.788. The fourth-order valence-corrected chi connectivity index (χ4v) is 4.36. The Morgan fingerprint density at radius 1 is 1.30 bits per heavy atom. The number of benzene rings is 1. The monoisotopic (exact) mass is 329 g/mol. The summed E-state index contributed by atoms with van der Waals surface area (Å²) in [6.45, 7) is 0. The molecule has 2 N–H and O–H groups in total. The van der Waals surface area contributed by atoms with Crippen LogP contribution in [0.1, 0.15) is 0 Å². The van der Waals surface area contributed by atoms with E-state index in [1.165, 1.54) is 17.0 Å². The van der Waals surface area contributed by atoms with Crippen molar-refractivity contribution < 1.29 is 13.2 Å². The molecule has 0 saturated carbocycles. The maximum atomic E-state index is 12.3. The van der Waals surface area contributed by atoms with Crippen LogP contribution >= 0.6 is 24.0 Å². The van der Waals surface area contributed by atoms with Gasteiger partial charge in [0.1, 0.15) is 6.04 Å². The number of rotatable bonds is 2. The first-order chi connectivity index (χ1) is 9.39. The first-order valence-corrected chi connectivity index (χ1v) is 8.86. The fourth-order valence-electron chi connectivity index (χ4n) is 2.23. The number of hydrogen-bond acceptors (Lipinski definition) is 5. The van der Waals surface area contributed by atoms with E-state index in [-0.39, 0.29) is 16.8 Å². The van der Waals surface area contributed by atoms with Gasteiger partial charge < -0.3 is 4.90 Å². The molecule has 9 heteroatoms. The molecule has 0 spiro atoms. The van der Waals surface area contributed by atoms with Crippen molar-refractivity contribution in [2.45, 2.75) is 10.9 Å². The van der Waals surface area contributed by atoms with E-state index in [0.717, 1.165) is 5.75 Å². The molecule has 2 aliphatic rings. The molecule has 1 amide bonds. The van der Waals surface area contributed by atoms with Crippen molar-refractivity contribution in [2.24, 2.45) is 5.14 Å². The minimum atomic E-state index is -3.74. The third-order valence-electron chi connectivity index (χ3n) is 3.25. The number of primary sulfonamides is 1. The molecular weight excluding hydrogens is 318 g/mol. The molecule has 106 valence electrons. The van der Waals surface area contributed by atoms with Crippen molar-refractivity contribution in [3.05, 3.63) is 24.3 Å². The molecule has 0 radical (unpaired) electrons. The summed E-state index contributed by atoms with van der Waals surface area (Å²) in [6, 6.07) is 5.63. The minimum Gasteiger partial charge on any atom is -0.326 e. The summed E-state index contributed by atoms with van der Waals surface area (Å²) in [7, 11) is -3.74. The highest BCUT2D eigenvalue weighted by Crippen LogP contribution is 2.32.